The quantitative estimate of drug-likeness (QED) is 0.500. The molecule has 3 N–H and O–H groups in total. The highest BCUT2D eigenvalue weighted by Crippen LogP contribution is 2.40. The van der Waals surface area contributed by atoms with Gasteiger partial charge in [0.25, 0.3) is 0 Å². The molecule has 4 heterocycles. The standard InChI is InChI=1S/C25H27F3N6O4/c1-36-14-19(16-5-3-2-4-6-16)31-23(35)33-8-7-24(15-33)21-12-18(32-34(21)9-10-37-24)17-11-20(22(29)30-13-17)38-25(26,27)28/h2-6,11-13,19H,7-10,14-15H2,1H3,(H2,29,30)(H,31,35). The number of benzene rings is 1. The molecule has 3 aromatic rings. The maximum absolute atomic E-state index is 13.2. The van der Waals surface area contributed by atoms with Crippen molar-refractivity contribution in [1.29, 1.82) is 0 Å². The Labute approximate surface area is 216 Å². The average Bonchev–Trinajstić information content (AvgIpc) is 3.51. The van der Waals surface area contributed by atoms with E-state index in [1.165, 1.54) is 6.20 Å². The van der Waals surface area contributed by atoms with Crippen LogP contribution < -0.4 is 15.8 Å². The lowest BCUT2D eigenvalue weighted by atomic mass is 9.96. The summed E-state index contributed by atoms with van der Waals surface area (Å²) >= 11 is 0. The molecule has 13 heteroatoms. The van der Waals surface area contributed by atoms with Gasteiger partial charge in [0.2, 0.25) is 0 Å². The smallest absolute Gasteiger partial charge is 0.402 e. The summed E-state index contributed by atoms with van der Waals surface area (Å²) in [7, 11) is 1.58. The Balaban J connectivity index is 1.35. The Morgan fingerprint density at radius 1 is 1.26 bits per heavy atom. The number of fused-ring (bicyclic) bond motifs is 2. The van der Waals surface area contributed by atoms with Crippen molar-refractivity contribution in [2.24, 2.45) is 0 Å². The number of carbonyl (C=O) groups is 1. The van der Waals surface area contributed by atoms with Crippen LogP contribution in [0.2, 0.25) is 0 Å². The van der Waals surface area contributed by atoms with Crippen LogP contribution in [0.5, 0.6) is 5.75 Å². The van der Waals surface area contributed by atoms with Crippen LogP contribution >= 0.6 is 0 Å². The number of methoxy groups -OCH3 is 1. The minimum Gasteiger partial charge on any atom is -0.402 e. The zero-order valence-corrected chi connectivity index (χ0v) is 20.6. The Morgan fingerprint density at radius 3 is 2.79 bits per heavy atom. The maximum Gasteiger partial charge on any atom is 0.573 e. The minimum absolute atomic E-state index is 0.245. The second-order valence-electron chi connectivity index (χ2n) is 9.18. The van der Waals surface area contributed by atoms with Gasteiger partial charge in [0.05, 0.1) is 43.7 Å². The Kier molecular flexibility index (Phi) is 6.88. The predicted octanol–water partition coefficient (Wildman–Crippen LogP) is 3.45. The summed E-state index contributed by atoms with van der Waals surface area (Å²) in [6, 6.07) is 11.9. The molecule has 2 aliphatic rings. The van der Waals surface area contributed by atoms with E-state index >= 15 is 0 Å². The van der Waals surface area contributed by atoms with Gasteiger partial charge in [-0.3, -0.25) is 4.68 Å². The Hall–Kier alpha value is -3.84. The first-order valence-electron chi connectivity index (χ1n) is 12.0. The first-order chi connectivity index (χ1) is 18.2. The summed E-state index contributed by atoms with van der Waals surface area (Å²) in [4.78, 5) is 18.7. The van der Waals surface area contributed by atoms with Crippen LogP contribution in [0.3, 0.4) is 0 Å². The number of amides is 2. The molecule has 2 aliphatic heterocycles. The number of nitrogens with one attached hydrogen (secondary N) is 1. The summed E-state index contributed by atoms with van der Waals surface area (Å²) in [5.41, 5.74) is 7.15. The van der Waals surface area contributed by atoms with Gasteiger partial charge in [0.1, 0.15) is 5.60 Å². The third-order valence-electron chi connectivity index (χ3n) is 6.68. The number of nitrogens with zero attached hydrogens (tertiary/aromatic N) is 4. The number of nitrogens with two attached hydrogens (primary N) is 1. The van der Waals surface area contributed by atoms with Gasteiger partial charge < -0.3 is 30.2 Å². The molecule has 2 unspecified atom stereocenters. The van der Waals surface area contributed by atoms with Crippen molar-refractivity contribution in [2.45, 2.75) is 31.0 Å². The van der Waals surface area contributed by atoms with E-state index in [0.717, 1.165) is 17.3 Å². The van der Waals surface area contributed by atoms with Gasteiger partial charge in [0, 0.05) is 31.8 Å². The van der Waals surface area contributed by atoms with Gasteiger partial charge in [-0.2, -0.15) is 5.10 Å². The van der Waals surface area contributed by atoms with Gasteiger partial charge in [0.15, 0.2) is 11.6 Å². The number of urea groups is 1. The van der Waals surface area contributed by atoms with Crippen molar-refractivity contribution >= 4 is 11.8 Å². The zero-order chi connectivity index (χ0) is 26.9. The third kappa shape index (κ3) is 5.24. The summed E-state index contributed by atoms with van der Waals surface area (Å²) in [5.74, 6) is -0.978. The molecule has 0 aliphatic carbocycles. The number of hydrogen-bond acceptors (Lipinski definition) is 7. The van der Waals surface area contributed by atoms with E-state index in [-0.39, 0.29) is 17.9 Å². The molecule has 202 valence electrons. The number of carbonyl (C=O) groups excluding carboxylic acids is 1. The van der Waals surface area contributed by atoms with E-state index in [1.807, 2.05) is 30.3 Å². The number of nitrogen functional groups attached to an aromatic ring is 1. The number of likely N-dealkylation sites (tertiary alicyclic amines) is 1. The van der Waals surface area contributed by atoms with Crippen molar-refractivity contribution in [3.8, 4) is 17.0 Å². The number of ether oxygens (including phenoxy) is 3. The lowest BCUT2D eigenvalue weighted by Crippen LogP contribution is -2.45. The van der Waals surface area contributed by atoms with E-state index in [0.29, 0.717) is 50.5 Å². The van der Waals surface area contributed by atoms with Crippen LogP contribution in [0, 0.1) is 0 Å². The fourth-order valence-corrected chi connectivity index (χ4v) is 4.89. The van der Waals surface area contributed by atoms with E-state index in [9.17, 15) is 18.0 Å². The van der Waals surface area contributed by atoms with Gasteiger partial charge in [-0.1, -0.05) is 30.3 Å². The maximum atomic E-state index is 13.2. The summed E-state index contributed by atoms with van der Waals surface area (Å²) in [6.45, 7) is 1.90. The molecular formula is C25H27F3N6O4. The highest BCUT2D eigenvalue weighted by molar-refractivity contribution is 5.75. The van der Waals surface area contributed by atoms with Crippen molar-refractivity contribution in [3.63, 3.8) is 0 Å². The summed E-state index contributed by atoms with van der Waals surface area (Å²) in [5, 5.41) is 7.61. The van der Waals surface area contributed by atoms with Gasteiger partial charge in [-0.25, -0.2) is 9.78 Å². The van der Waals surface area contributed by atoms with Crippen LogP contribution in [0.25, 0.3) is 11.3 Å². The van der Waals surface area contributed by atoms with Crippen molar-refractivity contribution in [3.05, 3.63) is 59.9 Å². The number of alkyl halides is 3. The van der Waals surface area contributed by atoms with Crippen molar-refractivity contribution in [1.82, 2.24) is 25.0 Å². The van der Waals surface area contributed by atoms with Crippen LogP contribution in [0.15, 0.2) is 48.7 Å². The Bertz CT molecular complexity index is 1300. The lowest BCUT2D eigenvalue weighted by Gasteiger charge is -2.34. The van der Waals surface area contributed by atoms with E-state index in [2.05, 4.69) is 20.1 Å². The number of anilines is 1. The van der Waals surface area contributed by atoms with E-state index in [1.54, 1.807) is 22.8 Å². The first-order valence-corrected chi connectivity index (χ1v) is 12.0. The average molecular weight is 533 g/mol. The van der Waals surface area contributed by atoms with E-state index < -0.39 is 17.7 Å². The fraction of sp³-hybridized carbons (Fsp3) is 0.400. The number of halogens is 3. The number of rotatable bonds is 6. The van der Waals surface area contributed by atoms with Crippen molar-refractivity contribution in [2.75, 3.05) is 39.1 Å². The third-order valence-corrected chi connectivity index (χ3v) is 6.68. The van der Waals surface area contributed by atoms with Crippen LogP contribution in [0.1, 0.15) is 23.7 Å². The van der Waals surface area contributed by atoms with Crippen LogP contribution in [-0.4, -0.2) is 65.5 Å². The molecular weight excluding hydrogens is 505 g/mol. The SMILES string of the molecule is COCC(NC(=O)N1CCC2(C1)OCCn1nc(-c3cnc(N)c(OC(F)(F)F)c3)cc12)c1ccccc1. The number of hydrogen-bond donors (Lipinski definition) is 2. The molecule has 1 aromatic carbocycles. The first kappa shape index (κ1) is 25.8. The monoisotopic (exact) mass is 532 g/mol. The van der Waals surface area contributed by atoms with Gasteiger partial charge >= 0.3 is 12.4 Å². The fourth-order valence-electron chi connectivity index (χ4n) is 4.89. The molecule has 1 saturated heterocycles. The normalized spacial score (nSPS) is 19.8. The number of aromatic nitrogens is 3. The summed E-state index contributed by atoms with van der Waals surface area (Å²) < 4.78 is 55.6. The second-order valence-corrected chi connectivity index (χ2v) is 9.18. The van der Waals surface area contributed by atoms with Crippen LogP contribution in [-0.2, 0) is 21.6 Å². The lowest BCUT2D eigenvalue weighted by molar-refractivity contribution is -0.274. The largest absolute Gasteiger partial charge is 0.573 e. The molecule has 0 radical (unpaired) electrons. The Morgan fingerprint density at radius 2 is 2.05 bits per heavy atom. The highest BCUT2D eigenvalue weighted by Gasteiger charge is 2.47. The molecule has 0 bridgehead atoms. The predicted molar refractivity (Wildman–Crippen MR) is 130 cm³/mol. The molecule has 1 fully saturated rings. The van der Waals surface area contributed by atoms with Gasteiger partial charge in [-0.05, 0) is 17.7 Å². The highest BCUT2D eigenvalue weighted by atomic mass is 19.4. The van der Waals surface area contributed by atoms with Crippen LogP contribution in [0.4, 0.5) is 23.8 Å². The molecule has 2 aromatic heterocycles. The van der Waals surface area contributed by atoms with Crippen molar-refractivity contribution < 1.29 is 32.2 Å². The molecule has 38 heavy (non-hydrogen) atoms. The molecule has 2 atom stereocenters. The number of pyridine rings is 1. The topological polar surface area (TPSA) is 117 Å². The molecule has 0 saturated carbocycles. The second kappa shape index (κ2) is 10.1. The summed E-state index contributed by atoms with van der Waals surface area (Å²) in [6.07, 6.45) is -3.03. The van der Waals surface area contributed by atoms with E-state index in [4.69, 9.17) is 15.2 Å². The van der Waals surface area contributed by atoms with Gasteiger partial charge in [-0.15, -0.1) is 13.2 Å². The molecule has 10 nitrogen and oxygen atoms in total. The zero-order valence-electron chi connectivity index (χ0n) is 20.6. The molecule has 5 rings (SSSR count). The molecule has 1 spiro atoms. The molecule has 2 amide bonds. The minimum atomic E-state index is -4.91.